The largest absolute Gasteiger partial charge is 0.486 e. The van der Waals surface area contributed by atoms with E-state index in [4.69, 9.17) is 9.47 Å². The van der Waals surface area contributed by atoms with Crippen LogP contribution in [-0.2, 0) is 11.2 Å². The van der Waals surface area contributed by atoms with Gasteiger partial charge >= 0.3 is 5.97 Å². The number of fused-ring (bicyclic) bond motifs is 1. The number of aryl methyl sites for hydroxylation is 2. The quantitative estimate of drug-likeness (QED) is 0.768. The van der Waals surface area contributed by atoms with Gasteiger partial charge in [-0.15, -0.1) is 11.3 Å². The fourth-order valence-electron chi connectivity index (χ4n) is 2.87. The molecule has 0 bridgehead atoms. The van der Waals surface area contributed by atoms with Crippen LogP contribution in [0.5, 0.6) is 5.75 Å². The summed E-state index contributed by atoms with van der Waals surface area (Å²) in [7, 11) is 0. The molecule has 25 heavy (non-hydrogen) atoms. The zero-order chi connectivity index (χ0) is 18.2. The number of hydrogen-bond donors (Lipinski definition) is 0. The number of nitrogens with zero attached hydrogens (tertiary/aromatic N) is 2. The molecule has 130 valence electrons. The van der Waals surface area contributed by atoms with Crippen LogP contribution >= 0.6 is 11.3 Å². The number of hydrogen-bond acceptors (Lipinski definition) is 6. The summed E-state index contributed by atoms with van der Waals surface area (Å²) in [6.07, 6.45) is 1.74. The van der Waals surface area contributed by atoms with Crippen molar-refractivity contribution < 1.29 is 14.3 Å². The average molecular weight is 356 g/mol. The second-order valence-corrected chi connectivity index (χ2v) is 7.64. The molecule has 0 atom stereocenters. The summed E-state index contributed by atoms with van der Waals surface area (Å²) in [5.41, 5.74) is 2.73. The highest BCUT2D eigenvalue weighted by atomic mass is 32.1. The monoisotopic (exact) mass is 356 g/mol. The molecule has 1 aromatic heterocycles. The molecule has 0 saturated heterocycles. The lowest BCUT2D eigenvalue weighted by Crippen LogP contribution is -2.33. The van der Waals surface area contributed by atoms with Crippen molar-refractivity contribution in [2.45, 2.75) is 46.1 Å². The molecular formula is C19H20N2O3S. The molecule has 1 aromatic carbocycles. The molecule has 5 nitrogen and oxygen atoms in total. The summed E-state index contributed by atoms with van der Waals surface area (Å²) < 4.78 is 11.1. The lowest BCUT2D eigenvalue weighted by molar-refractivity contribution is 0.0531. The van der Waals surface area contributed by atoms with Gasteiger partial charge in [-0.2, -0.15) is 5.26 Å². The third kappa shape index (κ3) is 3.38. The Labute approximate surface area is 151 Å². The van der Waals surface area contributed by atoms with Crippen LogP contribution in [-0.4, -0.2) is 23.2 Å². The summed E-state index contributed by atoms with van der Waals surface area (Å²) in [6.45, 7) is 7.96. The Kier molecular flexibility index (Phi) is 4.53. The predicted octanol–water partition coefficient (Wildman–Crippen LogP) is 4.27. The maximum absolute atomic E-state index is 12.0. The molecule has 0 fully saturated rings. The van der Waals surface area contributed by atoms with Crippen LogP contribution in [0.4, 0.5) is 0 Å². The Morgan fingerprint density at radius 3 is 2.92 bits per heavy atom. The Morgan fingerprint density at radius 2 is 2.24 bits per heavy atom. The average Bonchev–Trinajstić information content (AvgIpc) is 2.95. The first-order valence-corrected chi connectivity index (χ1v) is 9.07. The van der Waals surface area contributed by atoms with Crippen molar-refractivity contribution >= 4 is 17.3 Å². The van der Waals surface area contributed by atoms with Gasteiger partial charge < -0.3 is 9.47 Å². The van der Waals surface area contributed by atoms with Gasteiger partial charge in [-0.3, -0.25) is 0 Å². The predicted molar refractivity (Wildman–Crippen MR) is 96.0 cm³/mol. The van der Waals surface area contributed by atoms with E-state index in [2.05, 4.69) is 11.1 Å². The van der Waals surface area contributed by atoms with Crippen LogP contribution in [0.25, 0.3) is 10.6 Å². The summed E-state index contributed by atoms with van der Waals surface area (Å²) in [4.78, 5) is 17.0. The van der Waals surface area contributed by atoms with Crippen molar-refractivity contribution in [1.29, 1.82) is 5.26 Å². The number of ether oxygens (including phenoxy) is 2. The normalized spacial score (nSPS) is 15.0. The van der Waals surface area contributed by atoms with Gasteiger partial charge in [0.2, 0.25) is 0 Å². The highest BCUT2D eigenvalue weighted by Gasteiger charge is 2.29. The van der Waals surface area contributed by atoms with Gasteiger partial charge in [-0.25, -0.2) is 9.78 Å². The molecule has 6 heteroatoms. The first-order chi connectivity index (χ1) is 11.8. The number of nitriles is 1. The minimum atomic E-state index is -0.354. The van der Waals surface area contributed by atoms with Crippen molar-refractivity contribution in [3.63, 3.8) is 0 Å². The molecule has 0 radical (unpaired) electrons. The Morgan fingerprint density at radius 1 is 1.48 bits per heavy atom. The number of esters is 1. The van der Waals surface area contributed by atoms with Gasteiger partial charge in [0.25, 0.3) is 0 Å². The molecule has 0 saturated carbocycles. The van der Waals surface area contributed by atoms with Crippen LogP contribution in [0.15, 0.2) is 12.1 Å². The fraction of sp³-hybridized carbons (Fsp3) is 0.421. The molecule has 2 heterocycles. The van der Waals surface area contributed by atoms with Crippen molar-refractivity contribution in [2.75, 3.05) is 6.61 Å². The zero-order valence-corrected chi connectivity index (χ0v) is 15.6. The Bertz CT molecular complexity index is 878. The highest BCUT2D eigenvalue weighted by molar-refractivity contribution is 7.17. The second-order valence-electron chi connectivity index (χ2n) is 6.64. The van der Waals surface area contributed by atoms with Crippen molar-refractivity contribution in [3.05, 3.63) is 33.8 Å². The van der Waals surface area contributed by atoms with E-state index in [1.807, 2.05) is 19.9 Å². The van der Waals surface area contributed by atoms with E-state index in [9.17, 15) is 10.1 Å². The van der Waals surface area contributed by atoms with Gasteiger partial charge in [-0.1, -0.05) is 0 Å². The van der Waals surface area contributed by atoms with E-state index in [1.165, 1.54) is 11.3 Å². The van der Waals surface area contributed by atoms with E-state index in [-0.39, 0.29) is 11.6 Å². The molecule has 0 unspecified atom stereocenters. The Hall–Kier alpha value is -2.39. The van der Waals surface area contributed by atoms with Crippen LogP contribution in [0, 0.1) is 18.3 Å². The number of thiazole rings is 1. The zero-order valence-electron chi connectivity index (χ0n) is 14.8. The second kappa shape index (κ2) is 6.49. The number of carbonyl (C=O) groups is 1. The van der Waals surface area contributed by atoms with E-state index >= 15 is 0 Å². The molecular weight excluding hydrogens is 336 g/mol. The van der Waals surface area contributed by atoms with E-state index < -0.39 is 0 Å². The molecule has 0 amide bonds. The van der Waals surface area contributed by atoms with Crippen LogP contribution in [0.1, 0.15) is 53.7 Å². The molecule has 0 N–H and O–H groups in total. The minimum absolute atomic E-state index is 0.269. The van der Waals surface area contributed by atoms with Crippen LogP contribution < -0.4 is 4.74 Å². The van der Waals surface area contributed by atoms with Crippen molar-refractivity contribution in [1.82, 2.24) is 4.98 Å². The summed E-state index contributed by atoms with van der Waals surface area (Å²) in [6, 6.07) is 6.03. The third-order valence-electron chi connectivity index (χ3n) is 4.17. The SMILES string of the molecule is CCOC(=O)c1sc(-c2cc(C#N)c3c(c2)CCC(C)(C)O3)nc1C. The lowest BCUT2D eigenvalue weighted by Gasteiger charge is -2.33. The molecule has 1 aliphatic rings. The van der Waals surface area contributed by atoms with Crippen LogP contribution in [0.2, 0.25) is 0 Å². The first kappa shape index (κ1) is 17.4. The van der Waals surface area contributed by atoms with Gasteiger partial charge in [0.05, 0.1) is 17.9 Å². The van der Waals surface area contributed by atoms with Crippen molar-refractivity contribution in [2.24, 2.45) is 0 Å². The molecule has 1 aliphatic heterocycles. The topological polar surface area (TPSA) is 72.2 Å². The summed E-state index contributed by atoms with van der Waals surface area (Å²) in [5, 5.41) is 10.2. The fourth-order valence-corrected chi connectivity index (χ4v) is 3.82. The smallest absolute Gasteiger partial charge is 0.350 e. The van der Waals surface area contributed by atoms with E-state index in [0.717, 1.165) is 24.0 Å². The maximum atomic E-state index is 12.0. The van der Waals surface area contributed by atoms with Gasteiger partial charge in [0, 0.05) is 5.56 Å². The maximum Gasteiger partial charge on any atom is 0.350 e. The van der Waals surface area contributed by atoms with E-state index in [1.54, 1.807) is 19.9 Å². The molecule has 2 aromatic rings. The highest BCUT2D eigenvalue weighted by Crippen LogP contribution is 2.39. The molecule has 0 spiro atoms. The first-order valence-electron chi connectivity index (χ1n) is 8.25. The third-order valence-corrected chi connectivity index (χ3v) is 5.35. The minimum Gasteiger partial charge on any atom is -0.486 e. The molecule has 3 rings (SSSR count). The summed E-state index contributed by atoms with van der Waals surface area (Å²) >= 11 is 1.29. The number of aromatic nitrogens is 1. The standard InChI is InChI=1S/C19H20N2O3S/c1-5-23-18(22)16-11(2)21-17(25-16)13-8-12-6-7-19(3,4)24-15(12)14(9-13)10-20/h8-9H,5-7H2,1-4H3. The number of benzene rings is 1. The molecule has 0 aliphatic carbocycles. The van der Waals surface area contributed by atoms with Gasteiger partial charge in [-0.05, 0) is 58.2 Å². The lowest BCUT2D eigenvalue weighted by atomic mass is 9.91. The Balaban J connectivity index is 2.04. The van der Waals surface area contributed by atoms with Crippen LogP contribution in [0.3, 0.4) is 0 Å². The number of carbonyl (C=O) groups excluding carboxylic acids is 1. The van der Waals surface area contributed by atoms with Crippen molar-refractivity contribution in [3.8, 4) is 22.4 Å². The number of rotatable bonds is 3. The van der Waals surface area contributed by atoms with E-state index in [0.29, 0.717) is 33.5 Å². The summed E-state index contributed by atoms with van der Waals surface area (Å²) in [5.74, 6) is 0.314. The van der Waals surface area contributed by atoms with Gasteiger partial charge in [0.15, 0.2) is 0 Å². The van der Waals surface area contributed by atoms with Gasteiger partial charge in [0.1, 0.15) is 27.3 Å².